The Morgan fingerprint density at radius 3 is 2.60 bits per heavy atom. The first-order valence-electron chi connectivity index (χ1n) is 3.30. The van der Waals surface area contributed by atoms with E-state index in [-0.39, 0.29) is 18.0 Å². The number of hydrogen-bond acceptors (Lipinski definition) is 3. The van der Waals surface area contributed by atoms with Gasteiger partial charge in [-0.3, -0.25) is 0 Å². The van der Waals surface area contributed by atoms with E-state index in [1.54, 1.807) is 0 Å². The molecule has 2 N–H and O–H groups in total. The Hall–Kier alpha value is 0.170. The summed E-state index contributed by atoms with van der Waals surface area (Å²) in [5.41, 5.74) is 5.41. The minimum atomic E-state index is -0.0926. The topological polar surface area (TPSA) is 44.5 Å². The standard InChI is InChI=1S/C6H11NO2.ClH/c7-3-6-1-5(2-9-6)8-4-6;/h5H,1-4,7H2;1H. The zero-order valence-electron chi connectivity index (χ0n) is 5.71. The van der Waals surface area contributed by atoms with Gasteiger partial charge >= 0.3 is 0 Å². The summed E-state index contributed by atoms with van der Waals surface area (Å²) in [5, 5.41) is 0. The lowest BCUT2D eigenvalue weighted by atomic mass is 10.0. The van der Waals surface area contributed by atoms with E-state index in [2.05, 4.69) is 0 Å². The van der Waals surface area contributed by atoms with Gasteiger partial charge in [0.05, 0.1) is 19.3 Å². The van der Waals surface area contributed by atoms with Crippen LogP contribution in [0, 0.1) is 0 Å². The predicted molar refractivity (Wildman–Crippen MR) is 39.3 cm³/mol. The molecular formula is C6H12ClNO2. The van der Waals surface area contributed by atoms with Crippen LogP contribution >= 0.6 is 12.4 Å². The molecule has 2 atom stereocenters. The van der Waals surface area contributed by atoms with E-state index < -0.39 is 0 Å². The Kier molecular flexibility index (Phi) is 2.20. The van der Waals surface area contributed by atoms with Gasteiger partial charge in [-0.2, -0.15) is 0 Å². The van der Waals surface area contributed by atoms with E-state index in [4.69, 9.17) is 15.2 Å². The Morgan fingerprint density at radius 2 is 2.40 bits per heavy atom. The first-order chi connectivity index (χ1) is 4.35. The molecule has 0 aromatic carbocycles. The third-order valence-corrected chi connectivity index (χ3v) is 2.13. The van der Waals surface area contributed by atoms with Crippen molar-refractivity contribution in [2.24, 2.45) is 5.73 Å². The molecule has 2 unspecified atom stereocenters. The fourth-order valence-electron chi connectivity index (χ4n) is 1.48. The lowest BCUT2D eigenvalue weighted by molar-refractivity contribution is -0.0892. The largest absolute Gasteiger partial charge is 0.373 e. The molecule has 4 heteroatoms. The normalized spacial score (nSPS) is 43.5. The summed E-state index contributed by atoms with van der Waals surface area (Å²) < 4.78 is 10.8. The van der Waals surface area contributed by atoms with Crippen molar-refractivity contribution in [3.8, 4) is 0 Å². The zero-order valence-corrected chi connectivity index (χ0v) is 6.52. The SMILES string of the molecule is Cl.NCC12COC(CO1)C2. The number of rotatable bonds is 1. The Morgan fingerprint density at radius 1 is 1.60 bits per heavy atom. The van der Waals surface area contributed by atoms with E-state index in [1.165, 1.54) is 0 Å². The lowest BCUT2D eigenvalue weighted by Gasteiger charge is -2.23. The number of halogens is 1. The van der Waals surface area contributed by atoms with Gasteiger partial charge in [0, 0.05) is 13.0 Å². The Balaban J connectivity index is 0.000000500. The molecule has 3 nitrogen and oxygen atoms in total. The average Bonchev–Trinajstić information content (AvgIpc) is 2.46. The quantitative estimate of drug-likeness (QED) is 0.592. The smallest absolute Gasteiger partial charge is 0.106 e. The van der Waals surface area contributed by atoms with Crippen LogP contribution in [0.5, 0.6) is 0 Å². The molecular weight excluding hydrogens is 154 g/mol. The molecule has 0 spiro atoms. The molecule has 0 aromatic rings. The van der Waals surface area contributed by atoms with Crippen molar-refractivity contribution in [2.75, 3.05) is 19.8 Å². The highest BCUT2D eigenvalue weighted by Crippen LogP contribution is 2.33. The highest BCUT2D eigenvalue weighted by molar-refractivity contribution is 5.85. The van der Waals surface area contributed by atoms with Crippen LogP contribution in [0.4, 0.5) is 0 Å². The Bertz CT molecular complexity index is 123. The first kappa shape index (κ1) is 8.27. The van der Waals surface area contributed by atoms with Crippen molar-refractivity contribution in [3.63, 3.8) is 0 Å². The predicted octanol–water partition coefficient (Wildman–Crippen LogP) is -0.0752. The molecule has 2 heterocycles. The van der Waals surface area contributed by atoms with E-state index in [9.17, 15) is 0 Å². The van der Waals surface area contributed by atoms with Gasteiger partial charge in [0.25, 0.3) is 0 Å². The van der Waals surface area contributed by atoms with Crippen LogP contribution in [0.2, 0.25) is 0 Å². The second-order valence-electron chi connectivity index (χ2n) is 2.84. The third kappa shape index (κ3) is 1.03. The number of ether oxygens (including phenoxy) is 2. The number of fused-ring (bicyclic) bond motifs is 2. The second-order valence-corrected chi connectivity index (χ2v) is 2.84. The van der Waals surface area contributed by atoms with Crippen LogP contribution in [-0.4, -0.2) is 31.5 Å². The van der Waals surface area contributed by atoms with Crippen molar-refractivity contribution < 1.29 is 9.47 Å². The van der Waals surface area contributed by atoms with Crippen molar-refractivity contribution in [2.45, 2.75) is 18.1 Å². The summed E-state index contributed by atoms with van der Waals surface area (Å²) in [6.45, 7) is 2.05. The molecule has 0 aromatic heterocycles. The van der Waals surface area contributed by atoms with Crippen molar-refractivity contribution in [1.82, 2.24) is 0 Å². The minimum Gasteiger partial charge on any atom is -0.373 e. The summed E-state index contributed by atoms with van der Waals surface area (Å²) in [6, 6.07) is 0. The summed E-state index contributed by atoms with van der Waals surface area (Å²) in [5.74, 6) is 0. The van der Waals surface area contributed by atoms with E-state index in [0.29, 0.717) is 19.3 Å². The van der Waals surface area contributed by atoms with Gasteiger partial charge in [0.2, 0.25) is 0 Å². The van der Waals surface area contributed by atoms with Crippen LogP contribution < -0.4 is 5.73 Å². The molecule has 60 valence electrons. The van der Waals surface area contributed by atoms with Crippen LogP contribution in [0.15, 0.2) is 0 Å². The van der Waals surface area contributed by atoms with Gasteiger partial charge in [-0.05, 0) is 0 Å². The molecule has 0 aliphatic carbocycles. The number of nitrogens with two attached hydrogens (primary N) is 1. The highest BCUT2D eigenvalue weighted by Gasteiger charge is 2.46. The fraction of sp³-hybridized carbons (Fsp3) is 1.00. The van der Waals surface area contributed by atoms with Gasteiger partial charge in [-0.15, -0.1) is 12.4 Å². The van der Waals surface area contributed by atoms with Gasteiger partial charge in [0.15, 0.2) is 0 Å². The maximum Gasteiger partial charge on any atom is 0.106 e. The van der Waals surface area contributed by atoms with E-state index >= 15 is 0 Å². The molecule has 2 bridgehead atoms. The molecule has 2 fully saturated rings. The van der Waals surface area contributed by atoms with E-state index in [1.807, 2.05) is 0 Å². The second kappa shape index (κ2) is 2.66. The molecule has 0 amide bonds. The maximum atomic E-state index is 5.50. The molecule has 2 saturated heterocycles. The van der Waals surface area contributed by atoms with Gasteiger partial charge in [-0.1, -0.05) is 0 Å². The van der Waals surface area contributed by atoms with Crippen molar-refractivity contribution >= 4 is 12.4 Å². The zero-order chi connectivity index (χ0) is 6.32. The summed E-state index contributed by atoms with van der Waals surface area (Å²) >= 11 is 0. The third-order valence-electron chi connectivity index (χ3n) is 2.13. The van der Waals surface area contributed by atoms with Crippen LogP contribution in [0.1, 0.15) is 6.42 Å². The molecule has 2 rings (SSSR count). The monoisotopic (exact) mass is 165 g/mol. The highest BCUT2D eigenvalue weighted by atomic mass is 35.5. The van der Waals surface area contributed by atoms with E-state index in [0.717, 1.165) is 13.0 Å². The average molecular weight is 166 g/mol. The first-order valence-corrected chi connectivity index (χ1v) is 3.30. The minimum absolute atomic E-state index is 0. The summed E-state index contributed by atoms with van der Waals surface area (Å²) in [4.78, 5) is 0. The number of hydrogen-bond donors (Lipinski definition) is 1. The van der Waals surface area contributed by atoms with Crippen LogP contribution in [0.3, 0.4) is 0 Å². The van der Waals surface area contributed by atoms with Crippen molar-refractivity contribution in [1.29, 1.82) is 0 Å². The van der Waals surface area contributed by atoms with Gasteiger partial charge in [0.1, 0.15) is 5.60 Å². The lowest BCUT2D eigenvalue weighted by Crippen LogP contribution is -2.39. The Labute approximate surface area is 66.3 Å². The molecule has 2 aliphatic heterocycles. The maximum absolute atomic E-state index is 5.50. The summed E-state index contributed by atoms with van der Waals surface area (Å²) in [7, 11) is 0. The van der Waals surface area contributed by atoms with Gasteiger partial charge in [-0.25, -0.2) is 0 Å². The molecule has 0 saturated carbocycles. The fourth-order valence-corrected chi connectivity index (χ4v) is 1.48. The molecule has 2 aliphatic rings. The van der Waals surface area contributed by atoms with Gasteiger partial charge < -0.3 is 15.2 Å². The van der Waals surface area contributed by atoms with Crippen LogP contribution in [-0.2, 0) is 9.47 Å². The van der Waals surface area contributed by atoms with Crippen LogP contribution in [0.25, 0.3) is 0 Å². The summed E-state index contributed by atoms with van der Waals surface area (Å²) in [6.07, 6.45) is 1.34. The van der Waals surface area contributed by atoms with Crippen molar-refractivity contribution in [3.05, 3.63) is 0 Å². The molecule has 10 heavy (non-hydrogen) atoms. The molecule has 0 radical (unpaired) electrons.